The Kier molecular flexibility index (Phi) is 4.92. The highest BCUT2D eigenvalue weighted by Crippen LogP contribution is 2.37. The van der Waals surface area contributed by atoms with E-state index < -0.39 is 11.6 Å². The first-order chi connectivity index (χ1) is 12.0. The van der Waals surface area contributed by atoms with Gasteiger partial charge < -0.3 is 10.0 Å². The third-order valence-electron chi connectivity index (χ3n) is 5.25. The zero-order valence-corrected chi connectivity index (χ0v) is 15.1. The van der Waals surface area contributed by atoms with Gasteiger partial charge in [0.25, 0.3) is 5.91 Å². The van der Waals surface area contributed by atoms with Gasteiger partial charge >= 0.3 is 0 Å². The number of likely N-dealkylation sites (tertiary alicyclic amines) is 1. The van der Waals surface area contributed by atoms with Crippen molar-refractivity contribution >= 4 is 5.91 Å². The number of amides is 1. The lowest BCUT2D eigenvalue weighted by molar-refractivity contribution is -0.0613. The number of β-amino-alcohol motifs (C(OH)–C–C–N with tert-alkyl or cyclic N) is 1. The normalized spacial score (nSPS) is 23.9. The molecule has 134 valence electrons. The molecule has 1 N–H and O–H groups in total. The Morgan fingerprint density at radius 3 is 2.60 bits per heavy atom. The van der Waals surface area contributed by atoms with Gasteiger partial charge in [-0.1, -0.05) is 30.3 Å². The second kappa shape index (κ2) is 6.98. The maximum Gasteiger partial charge on any atom is 0.274 e. The van der Waals surface area contributed by atoms with Crippen molar-refractivity contribution in [1.29, 1.82) is 0 Å². The number of aliphatic hydroxyl groups is 1. The minimum Gasteiger partial charge on any atom is -0.389 e. The fourth-order valence-electron chi connectivity index (χ4n) is 3.76. The van der Waals surface area contributed by atoms with E-state index in [1.165, 1.54) is 0 Å². The Morgan fingerprint density at radius 2 is 2.04 bits per heavy atom. The van der Waals surface area contributed by atoms with E-state index in [2.05, 4.69) is 10.00 Å². The Bertz CT molecular complexity index is 728. The predicted octanol–water partition coefficient (Wildman–Crippen LogP) is 1.57. The molecule has 0 bridgehead atoms. The number of rotatable bonds is 4. The highest BCUT2D eigenvalue weighted by molar-refractivity contribution is 5.92. The standard InChI is InChI=1S/C19H26N4O2/c1-4-23-12-10-16(20-23)18(25)22-13-11-19(21(2)3,17(24)14-22)15-8-6-5-7-9-15/h5-10,12,17,24H,4,11,13-14H2,1-3H3/t17-,19+/m1/s1. The van der Waals surface area contributed by atoms with Crippen molar-refractivity contribution in [2.24, 2.45) is 0 Å². The van der Waals surface area contributed by atoms with E-state index in [0.717, 1.165) is 12.1 Å². The van der Waals surface area contributed by atoms with Crippen molar-refractivity contribution in [2.75, 3.05) is 27.2 Å². The summed E-state index contributed by atoms with van der Waals surface area (Å²) in [6.07, 6.45) is 1.81. The molecule has 1 aliphatic rings. The quantitative estimate of drug-likeness (QED) is 0.916. The molecule has 6 nitrogen and oxygen atoms in total. The number of aromatic nitrogens is 2. The van der Waals surface area contributed by atoms with E-state index in [1.54, 1.807) is 15.6 Å². The highest BCUT2D eigenvalue weighted by Gasteiger charge is 2.46. The van der Waals surface area contributed by atoms with Gasteiger partial charge in [-0.2, -0.15) is 5.10 Å². The van der Waals surface area contributed by atoms with Gasteiger partial charge in [0, 0.05) is 25.8 Å². The number of carbonyl (C=O) groups is 1. The largest absolute Gasteiger partial charge is 0.389 e. The molecule has 1 aromatic carbocycles. The number of likely N-dealkylation sites (N-methyl/N-ethyl adjacent to an activating group) is 1. The summed E-state index contributed by atoms with van der Waals surface area (Å²) < 4.78 is 1.74. The molecule has 25 heavy (non-hydrogen) atoms. The molecule has 0 saturated carbocycles. The first kappa shape index (κ1) is 17.6. The van der Waals surface area contributed by atoms with Gasteiger partial charge in [-0.3, -0.25) is 14.4 Å². The van der Waals surface area contributed by atoms with Gasteiger partial charge in [-0.25, -0.2) is 0 Å². The van der Waals surface area contributed by atoms with E-state index >= 15 is 0 Å². The zero-order valence-electron chi connectivity index (χ0n) is 15.1. The molecule has 2 heterocycles. The molecule has 1 saturated heterocycles. The van der Waals surface area contributed by atoms with Crippen molar-refractivity contribution in [3.63, 3.8) is 0 Å². The number of nitrogens with zero attached hydrogens (tertiary/aromatic N) is 4. The molecule has 2 aromatic rings. The summed E-state index contributed by atoms with van der Waals surface area (Å²) in [5.41, 5.74) is 1.03. The van der Waals surface area contributed by atoms with E-state index in [1.807, 2.05) is 57.5 Å². The molecular weight excluding hydrogens is 316 g/mol. The van der Waals surface area contributed by atoms with Crippen molar-refractivity contribution in [2.45, 2.75) is 31.5 Å². The van der Waals surface area contributed by atoms with Crippen molar-refractivity contribution < 1.29 is 9.90 Å². The molecule has 0 spiro atoms. The Morgan fingerprint density at radius 1 is 1.32 bits per heavy atom. The van der Waals surface area contributed by atoms with Crippen LogP contribution in [0.25, 0.3) is 0 Å². The summed E-state index contributed by atoms with van der Waals surface area (Å²) in [5, 5.41) is 15.3. The topological polar surface area (TPSA) is 61.6 Å². The van der Waals surface area contributed by atoms with Crippen LogP contribution in [0.4, 0.5) is 0 Å². The van der Waals surface area contributed by atoms with Gasteiger partial charge in [0.05, 0.1) is 11.6 Å². The van der Waals surface area contributed by atoms with Crippen LogP contribution in [-0.2, 0) is 12.1 Å². The molecule has 1 aliphatic heterocycles. The molecule has 0 radical (unpaired) electrons. The molecular formula is C19H26N4O2. The van der Waals surface area contributed by atoms with Gasteiger partial charge in [0.1, 0.15) is 5.69 Å². The highest BCUT2D eigenvalue weighted by atomic mass is 16.3. The minimum atomic E-state index is -0.670. The van der Waals surface area contributed by atoms with Crippen LogP contribution in [-0.4, -0.2) is 63.9 Å². The van der Waals surface area contributed by atoms with Gasteiger partial charge in [-0.05, 0) is 39.1 Å². The maximum atomic E-state index is 12.7. The molecule has 3 rings (SSSR count). The van der Waals surface area contributed by atoms with Crippen LogP contribution in [0.15, 0.2) is 42.6 Å². The minimum absolute atomic E-state index is 0.119. The predicted molar refractivity (Wildman–Crippen MR) is 96.2 cm³/mol. The third-order valence-corrected chi connectivity index (χ3v) is 5.25. The molecule has 0 aliphatic carbocycles. The van der Waals surface area contributed by atoms with Crippen LogP contribution in [0.1, 0.15) is 29.4 Å². The second-order valence-electron chi connectivity index (χ2n) is 6.76. The Labute approximate surface area is 148 Å². The summed E-state index contributed by atoms with van der Waals surface area (Å²) in [5.74, 6) is -0.119. The van der Waals surface area contributed by atoms with Crippen LogP contribution < -0.4 is 0 Å². The SMILES string of the molecule is CCn1ccc(C(=O)N2CC[C@@](c3ccccc3)(N(C)C)[C@H](O)C2)n1. The van der Waals surface area contributed by atoms with Gasteiger partial charge in [0.15, 0.2) is 0 Å². The van der Waals surface area contributed by atoms with Crippen molar-refractivity contribution in [3.05, 3.63) is 53.9 Å². The fourth-order valence-corrected chi connectivity index (χ4v) is 3.76. The number of carbonyl (C=O) groups excluding carboxylic acids is 1. The van der Waals surface area contributed by atoms with Gasteiger partial charge in [-0.15, -0.1) is 0 Å². The summed E-state index contributed by atoms with van der Waals surface area (Å²) in [6.45, 7) is 3.59. The fraction of sp³-hybridized carbons (Fsp3) is 0.474. The summed E-state index contributed by atoms with van der Waals surface area (Å²) in [4.78, 5) is 16.5. The lowest BCUT2D eigenvalue weighted by atomic mass is 9.77. The van der Waals surface area contributed by atoms with E-state index in [4.69, 9.17) is 0 Å². The first-order valence-corrected chi connectivity index (χ1v) is 8.72. The number of aryl methyl sites for hydroxylation is 1. The number of hydrogen-bond donors (Lipinski definition) is 1. The van der Waals surface area contributed by atoms with E-state index in [-0.39, 0.29) is 5.91 Å². The maximum absolute atomic E-state index is 12.7. The Balaban J connectivity index is 1.82. The van der Waals surface area contributed by atoms with Crippen LogP contribution in [0, 0.1) is 0 Å². The number of hydrogen-bond acceptors (Lipinski definition) is 4. The van der Waals surface area contributed by atoms with Crippen LogP contribution >= 0.6 is 0 Å². The summed E-state index contributed by atoms with van der Waals surface area (Å²) >= 11 is 0. The number of piperidine rings is 1. The van der Waals surface area contributed by atoms with Crippen molar-refractivity contribution in [3.8, 4) is 0 Å². The van der Waals surface area contributed by atoms with Crippen LogP contribution in [0.2, 0.25) is 0 Å². The molecule has 1 amide bonds. The van der Waals surface area contributed by atoms with Crippen LogP contribution in [0.5, 0.6) is 0 Å². The number of aliphatic hydroxyl groups excluding tert-OH is 1. The summed E-state index contributed by atoms with van der Waals surface area (Å²) in [6, 6.07) is 11.8. The van der Waals surface area contributed by atoms with Crippen molar-refractivity contribution in [1.82, 2.24) is 19.6 Å². The zero-order chi connectivity index (χ0) is 18.0. The molecule has 2 atom stereocenters. The number of benzene rings is 1. The third kappa shape index (κ3) is 3.07. The lowest BCUT2D eigenvalue weighted by Gasteiger charge is -2.49. The molecule has 1 aromatic heterocycles. The van der Waals surface area contributed by atoms with E-state index in [0.29, 0.717) is 25.2 Å². The van der Waals surface area contributed by atoms with Gasteiger partial charge in [0.2, 0.25) is 0 Å². The summed E-state index contributed by atoms with van der Waals surface area (Å²) in [7, 11) is 3.97. The first-order valence-electron chi connectivity index (χ1n) is 8.72. The molecule has 6 heteroatoms. The monoisotopic (exact) mass is 342 g/mol. The van der Waals surface area contributed by atoms with Crippen LogP contribution in [0.3, 0.4) is 0 Å². The lowest BCUT2D eigenvalue weighted by Crippen LogP contribution is -2.60. The smallest absolute Gasteiger partial charge is 0.274 e. The average molecular weight is 342 g/mol. The second-order valence-corrected chi connectivity index (χ2v) is 6.76. The molecule has 1 fully saturated rings. The van der Waals surface area contributed by atoms with E-state index in [9.17, 15) is 9.90 Å². The average Bonchev–Trinajstić information content (AvgIpc) is 3.10. The Hall–Kier alpha value is -2.18. The molecule has 0 unspecified atom stereocenters.